The van der Waals surface area contributed by atoms with Gasteiger partial charge in [-0.25, -0.2) is 13.2 Å². The molecule has 34 heavy (non-hydrogen) atoms. The molecular formula is C24H28N2O6S2. The van der Waals surface area contributed by atoms with E-state index in [9.17, 15) is 18.0 Å². The van der Waals surface area contributed by atoms with Gasteiger partial charge in [-0.05, 0) is 50.6 Å². The second kappa shape index (κ2) is 11.5. The fraction of sp³-hybridized carbons (Fsp3) is 0.375. The molecule has 1 amide bonds. The Balaban J connectivity index is 1.79. The summed E-state index contributed by atoms with van der Waals surface area (Å²) in [5.74, 6) is -0.971. The lowest BCUT2D eigenvalue weighted by atomic mass is 10.2. The molecule has 0 bridgehead atoms. The molecule has 0 aliphatic heterocycles. The number of rotatable bonds is 10. The fourth-order valence-electron chi connectivity index (χ4n) is 3.36. The Bertz CT molecular complexity index is 1340. The number of thiazole rings is 1. The van der Waals surface area contributed by atoms with Crippen LogP contribution in [0, 0.1) is 6.92 Å². The van der Waals surface area contributed by atoms with E-state index in [0.29, 0.717) is 30.1 Å². The van der Waals surface area contributed by atoms with Crippen molar-refractivity contribution in [3.8, 4) is 0 Å². The van der Waals surface area contributed by atoms with Crippen LogP contribution in [0.25, 0.3) is 10.2 Å². The van der Waals surface area contributed by atoms with Crippen LogP contribution in [0.2, 0.25) is 0 Å². The number of sulfone groups is 1. The fourth-order valence-corrected chi connectivity index (χ4v) is 5.78. The second-order valence-electron chi connectivity index (χ2n) is 7.65. The van der Waals surface area contributed by atoms with Crippen LogP contribution in [-0.2, 0) is 30.7 Å². The van der Waals surface area contributed by atoms with Crippen molar-refractivity contribution in [1.82, 2.24) is 4.57 Å². The van der Waals surface area contributed by atoms with E-state index in [4.69, 9.17) is 9.47 Å². The molecule has 182 valence electrons. The van der Waals surface area contributed by atoms with Crippen LogP contribution < -0.4 is 4.80 Å². The summed E-state index contributed by atoms with van der Waals surface area (Å²) in [5, 5.41) is 0. The van der Waals surface area contributed by atoms with Gasteiger partial charge in [0.1, 0.15) is 0 Å². The highest BCUT2D eigenvalue weighted by Crippen LogP contribution is 2.20. The maximum absolute atomic E-state index is 12.6. The van der Waals surface area contributed by atoms with Gasteiger partial charge in [0.2, 0.25) is 5.91 Å². The van der Waals surface area contributed by atoms with Crippen molar-refractivity contribution in [1.29, 1.82) is 0 Å². The van der Waals surface area contributed by atoms with E-state index in [-0.39, 0.29) is 23.5 Å². The molecule has 0 radical (unpaired) electrons. The Hall–Kier alpha value is -2.82. The molecule has 3 rings (SSSR count). The molecule has 0 spiro atoms. The predicted octanol–water partition coefficient (Wildman–Crippen LogP) is 3.52. The Kier molecular flexibility index (Phi) is 8.76. The average Bonchev–Trinajstić information content (AvgIpc) is 3.14. The third-order valence-corrected chi connectivity index (χ3v) is 8.03. The van der Waals surface area contributed by atoms with Crippen molar-refractivity contribution < 1.29 is 27.5 Å². The standard InChI is InChI=1S/C24H28N2O6S2/c1-4-32-14-13-26-20-12-9-18(23(28)31-3)16-21(20)33-24(26)25-22(27)6-5-15-34(29,30)19-10-7-17(2)8-11-19/h7-12,16H,4-6,13-15H2,1-3H3. The molecule has 0 atom stereocenters. The Morgan fingerprint density at radius 1 is 1.12 bits per heavy atom. The van der Waals surface area contributed by atoms with Gasteiger partial charge in [0, 0.05) is 19.6 Å². The van der Waals surface area contributed by atoms with Gasteiger partial charge in [0.15, 0.2) is 14.6 Å². The van der Waals surface area contributed by atoms with E-state index >= 15 is 0 Å². The molecule has 0 unspecified atom stereocenters. The van der Waals surface area contributed by atoms with E-state index in [1.165, 1.54) is 18.4 Å². The molecule has 8 nitrogen and oxygen atoms in total. The third-order valence-electron chi connectivity index (χ3n) is 5.17. The maximum atomic E-state index is 12.6. The smallest absolute Gasteiger partial charge is 0.337 e. The molecule has 3 aromatic rings. The van der Waals surface area contributed by atoms with Crippen molar-refractivity contribution in [2.45, 2.75) is 38.1 Å². The number of carbonyl (C=O) groups excluding carboxylic acids is 2. The summed E-state index contributed by atoms with van der Waals surface area (Å²) >= 11 is 1.28. The minimum absolute atomic E-state index is 0.0121. The highest BCUT2D eigenvalue weighted by Gasteiger charge is 2.16. The SMILES string of the molecule is CCOCCn1c(=NC(=O)CCCS(=O)(=O)c2ccc(C)cc2)sc2cc(C(=O)OC)ccc21. The minimum Gasteiger partial charge on any atom is -0.465 e. The van der Waals surface area contributed by atoms with Crippen LogP contribution >= 0.6 is 11.3 Å². The van der Waals surface area contributed by atoms with E-state index in [0.717, 1.165) is 15.8 Å². The summed E-state index contributed by atoms with van der Waals surface area (Å²) in [4.78, 5) is 29.4. The second-order valence-corrected chi connectivity index (χ2v) is 10.8. The molecule has 1 aromatic heterocycles. The van der Waals surface area contributed by atoms with Crippen molar-refractivity contribution in [2.24, 2.45) is 4.99 Å². The quantitative estimate of drug-likeness (QED) is 0.309. The lowest BCUT2D eigenvalue weighted by molar-refractivity contribution is -0.118. The Morgan fingerprint density at radius 2 is 1.85 bits per heavy atom. The zero-order chi connectivity index (χ0) is 24.7. The highest BCUT2D eigenvalue weighted by molar-refractivity contribution is 7.91. The number of esters is 1. The molecular weight excluding hydrogens is 476 g/mol. The average molecular weight is 505 g/mol. The van der Waals surface area contributed by atoms with Gasteiger partial charge in [-0.1, -0.05) is 29.0 Å². The van der Waals surface area contributed by atoms with E-state index in [1.807, 2.05) is 18.4 Å². The molecule has 1 heterocycles. The summed E-state index contributed by atoms with van der Waals surface area (Å²) in [7, 11) is -2.14. The van der Waals surface area contributed by atoms with Gasteiger partial charge >= 0.3 is 5.97 Å². The zero-order valence-corrected chi connectivity index (χ0v) is 21.1. The zero-order valence-electron chi connectivity index (χ0n) is 19.4. The summed E-state index contributed by atoms with van der Waals surface area (Å²) < 4.78 is 37.9. The van der Waals surface area contributed by atoms with Gasteiger partial charge in [0.25, 0.3) is 0 Å². The topological polar surface area (TPSA) is 104 Å². The Labute approximate surface area is 202 Å². The third kappa shape index (κ3) is 6.40. The molecule has 0 aliphatic rings. The number of benzene rings is 2. The van der Waals surface area contributed by atoms with Crippen LogP contribution in [-0.4, -0.2) is 50.9 Å². The van der Waals surface area contributed by atoms with Gasteiger partial charge in [0.05, 0.1) is 40.1 Å². The molecule has 0 N–H and O–H groups in total. The van der Waals surface area contributed by atoms with E-state index in [1.54, 1.807) is 42.5 Å². The van der Waals surface area contributed by atoms with Gasteiger partial charge in [-0.3, -0.25) is 4.79 Å². The van der Waals surface area contributed by atoms with Gasteiger partial charge in [-0.2, -0.15) is 4.99 Å². The first kappa shape index (κ1) is 25.8. The first-order valence-corrected chi connectivity index (χ1v) is 13.4. The van der Waals surface area contributed by atoms with Crippen molar-refractivity contribution >= 4 is 43.3 Å². The minimum atomic E-state index is -3.46. The summed E-state index contributed by atoms with van der Waals surface area (Å²) in [6.07, 6.45) is 0.188. The molecule has 0 fully saturated rings. The van der Waals surface area contributed by atoms with Crippen LogP contribution in [0.1, 0.15) is 35.7 Å². The normalized spacial score (nSPS) is 12.3. The van der Waals surface area contributed by atoms with E-state index < -0.39 is 21.7 Å². The van der Waals surface area contributed by atoms with Crippen molar-refractivity contribution in [2.75, 3.05) is 26.1 Å². The number of aromatic nitrogens is 1. The van der Waals surface area contributed by atoms with Crippen molar-refractivity contribution in [3.05, 3.63) is 58.4 Å². The molecule has 0 aliphatic carbocycles. The highest BCUT2D eigenvalue weighted by atomic mass is 32.2. The summed E-state index contributed by atoms with van der Waals surface area (Å²) in [6, 6.07) is 11.8. The number of methoxy groups -OCH3 is 1. The molecule has 0 saturated carbocycles. The van der Waals surface area contributed by atoms with Crippen molar-refractivity contribution in [3.63, 3.8) is 0 Å². The van der Waals surface area contributed by atoms with Gasteiger partial charge < -0.3 is 14.0 Å². The monoisotopic (exact) mass is 504 g/mol. The molecule has 10 heteroatoms. The largest absolute Gasteiger partial charge is 0.465 e. The number of amides is 1. The first-order valence-electron chi connectivity index (χ1n) is 10.9. The lowest BCUT2D eigenvalue weighted by Gasteiger charge is -2.06. The van der Waals surface area contributed by atoms with E-state index in [2.05, 4.69) is 4.99 Å². The number of hydrogen-bond acceptors (Lipinski definition) is 7. The molecule has 0 saturated heterocycles. The number of carbonyl (C=O) groups is 2. The van der Waals surface area contributed by atoms with Gasteiger partial charge in [-0.15, -0.1) is 0 Å². The number of hydrogen-bond donors (Lipinski definition) is 0. The van der Waals surface area contributed by atoms with Crippen LogP contribution in [0.4, 0.5) is 0 Å². The maximum Gasteiger partial charge on any atom is 0.337 e. The molecule has 2 aromatic carbocycles. The number of nitrogens with zero attached hydrogens (tertiary/aromatic N) is 2. The lowest BCUT2D eigenvalue weighted by Crippen LogP contribution is -2.20. The predicted molar refractivity (Wildman–Crippen MR) is 131 cm³/mol. The first-order chi connectivity index (χ1) is 16.2. The number of aryl methyl sites for hydroxylation is 1. The van der Waals surface area contributed by atoms with Crippen LogP contribution in [0.3, 0.4) is 0 Å². The van der Waals surface area contributed by atoms with Crippen LogP contribution in [0.5, 0.6) is 0 Å². The number of ether oxygens (including phenoxy) is 2. The van der Waals surface area contributed by atoms with Crippen LogP contribution in [0.15, 0.2) is 52.4 Å². The summed E-state index contributed by atoms with van der Waals surface area (Å²) in [5.41, 5.74) is 2.21. The number of fused-ring (bicyclic) bond motifs is 1. The Morgan fingerprint density at radius 3 is 2.53 bits per heavy atom. The summed E-state index contributed by atoms with van der Waals surface area (Å²) in [6.45, 7) is 5.28.